The Morgan fingerprint density at radius 2 is 1.79 bits per heavy atom. The topological polar surface area (TPSA) is 111 Å². The molecule has 0 fully saturated rings. The molecule has 4 rings (SSSR count). The molecule has 0 aliphatic carbocycles. The maximum atomic E-state index is 12.5. The standard InChI is InChI=1S/C25H22N2O6/c1-15-19-9-8-18(31-2)14-22(19)33-25(30)20(15)10-11-23(28)26-16-5-3-6-17(13-16)27-24(29)21-7-4-12-32-21/h3-9,12-14H,10-11H2,1-2H3,(H,26,28)(H,27,29). The van der Waals surface area contributed by atoms with E-state index in [4.69, 9.17) is 13.6 Å². The summed E-state index contributed by atoms with van der Waals surface area (Å²) >= 11 is 0. The highest BCUT2D eigenvalue weighted by molar-refractivity contribution is 6.02. The lowest BCUT2D eigenvalue weighted by molar-refractivity contribution is -0.116. The smallest absolute Gasteiger partial charge is 0.339 e. The van der Waals surface area contributed by atoms with Crippen molar-refractivity contribution in [2.45, 2.75) is 19.8 Å². The Hall–Kier alpha value is -4.33. The lowest BCUT2D eigenvalue weighted by atomic mass is 10.0. The molecule has 0 atom stereocenters. The predicted octanol–water partition coefficient (Wildman–Crippen LogP) is 4.53. The molecule has 2 aromatic heterocycles. The van der Waals surface area contributed by atoms with E-state index in [2.05, 4.69) is 10.6 Å². The van der Waals surface area contributed by atoms with Gasteiger partial charge >= 0.3 is 5.63 Å². The van der Waals surface area contributed by atoms with Crippen LogP contribution in [0.2, 0.25) is 0 Å². The number of amides is 2. The molecule has 0 bridgehead atoms. The van der Waals surface area contributed by atoms with Gasteiger partial charge in [0.25, 0.3) is 5.91 Å². The summed E-state index contributed by atoms with van der Waals surface area (Å²) < 4.78 is 15.7. The molecule has 8 nitrogen and oxygen atoms in total. The molecular weight excluding hydrogens is 424 g/mol. The van der Waals surface area contributed by atoms with E-state index in [9.17, 15) is 14.4 Å². The van der Waals surface area contributed by atoms with E-state index in [-0.39, 0.29) is 30.4 Å². The second kappa shape index (κ2) is 9.44. The number of aryl methyl sites for hydroxylation is 1. The van der Waals surface area contributed by atoms with Gasteiger partial charge in [0.15, 0.2) is 5.76 Å². The highest BCUT2D eigenvalue weighted by Gasteiger charge is 2.14. The van der Waals surface area contributed by atoms with Crippen LogP contribution in [0.1, 0.15) is 28.1 Å². The van der Waals surface area contributed by atoms with Crippen molar-refractivity contribution in [2.24, 2.45) is 0 Å². The molecule has 2 heterocycles. The van der Waals surface area contributed by atoms with Gasteiger partial charge in [0.2, 0.25) is 5.91 Å². The molecule has 0 radical (unpaired) electrons. The molecule has 0 saturated heterocycles. The molecule has 2 amide bonds. The van der Waals surface area contributed by atoms with E-state index < -0.39 is 5.63 Å². The minimum Gasteiger partial charge on any atom is -0.497 e. The summed E-state index contributed by atoms with van der Waals surface area (Å²) in [5.74, 6) is 0.130. The number of hydrogen-bond donors (Lipinski definition) is 2. The number of furan rings is 1. The Morgan fingerprint density at radius 1 is 1.00 bits per heavy atom. The van der Waals surface area contributed by atoms with Gasteiger partial charge in [0.05, 0.1) is 13.4 Å². The molecule has 4 aromatic rings. The molecule has 33 heavy (non-hydrogen) atoms. The third-order valence-corrected chi connectivity index (χ3v) is 5.25. The van der Waals surface area contributed by atoms with Crippen LogP contribution in [0.3, 0.4) is 0 Å². The largest absolute Gasteiger partial charge is 0.497 e. The van der Waals surface area contributed by atoms with Crippen molar-refractivity contribution < 1.29 is 23.2 Å². The number of rotatable bonds is 7. The van der Waals surface area contributed by atoms with E-state index >= 15 is 0 Å². The first-order chi connectivity index (χ1) is 15.9. The van der Waals surface area contributed by atoms with Crippen molar-refractivity contribution in [1.82, 2.24) is 0 Å². The second-order valence-corrected chi connectivity index (χ2v) is 7.42. The van der Waals surface area contributed by atoms with Gasteiger partial charge in [-0.05, 0) is 61.4 Å². The minimum absolute atomic E-state index is 0.0935. The zero-order valence-electron chi connectivity index (χ0n) is 18.1. The zero-order valence-corrected chi connectivity index (χ0v) is 18.1. The van der Waals surface area contributed by atoms with Crippen molar-refractivity contribution in [3.05, 3.63) is 88.2 Å². The summed E-state index contributed by atoms with van der Waals surface area (Å²) in [6.45, 7) is 1.84. The first-order valence-electron chi connectivity index (χ1n) is 10.3. The first-order valence-corrected chi connectivity index (χ1v) is 10.3. The van der Waals surface area contributed by atoms with Gasteiger partial charge in [-0.3, -0.25) is 9.59 Å². The van der Waals surface area contributed by atoms with Crippen molar-refractivity contribution in [3.63, 3.8) is 0 Å². The lowest BCUT2D eigenvalue weighted by Gasteiger charge is -2.10. The van der Waals surface area contributed by atoms with Gasteiger partial charge in [-0.15, -0.1) is 0 Å². The molecule has 0 spiro atoms. The Kier molecular flexibility index (Phi) is 6.26. The van der Waals surface area contributed by atoms with E-state index in [0.29, 0.717) is 28.3 Å². The molecule has 168 valence electrons. The number of ether oxygens (including phenoxy) is 1. The maximum Gasteiger partial charge on any atom is 0.339 e. The molecular formula is C25H22N2O6. The normalized spacial score (nSPS) is 10.7. The van der Waals surface area contributed by atoms with Gasteiger partial charge in [0, 0.05) is 34.8 Å². The maximum absolute atomic E-state index is 12.5. The van der Waals surface area contributed by atoms with Gasteiger partial charge in [-0.2, -0.15) is 0 Å². The van der Waals surface area contributed by atoms with Crippen LogP contribution in [0.4, 0.5) is 11.4 Å². The van der Waals surface area contributed by atoms with Crippen LogP contribution >= 0.6 is 0 Å². The van der Waals surface area contributed by atoms with E-state index in [0.717, 1.165) is 10.9 Å². The van der Waals surface area contributed by atoms with Crippen LogP contribution in [0.25, 0.3) is 11.0 Å². The Labute approximate surface area is 189 Å². The fourth-order valence-electron chi connectivity index (χ4n) is 3.53. The molecule has 0 aliphatic heterocycles. The highest BCUT2D eigenvalue weighted by atomic mass is 16.5. The number of nitrogens with one attached hydrogen (secondary N) is 2. The summed E-state index contributed by atoms with van der Waals surface area (Å²) in [6, 6.07) is 15.2. The second-order valence-electron chi connectivity index (χ2n) is 7.42. The van der Waals surface area contributed by atoms with Crippen molar-refractivity contribution in [2.75, 3.05) is 17.7 Å². The SMILES string of the molecule is COc1ccc2c(C)c(CCC(=O)Nc3cccc(NC(=O)c4ccco4)c3)c(=O)oc2c1. The fraction of sp³-hybridized carbons (Fsp3) is 0.160. The molecule has 0 aliphatic rings. The number of hydrogen-bond acceptors (Lipinski definition) is 6. The number of benzene rings is 2. The zero-order chi connectivity index (χ0) is 23.4. The number of anilines is 2. The first kappa shape index (κ1) is 21.9. The summed E-state index contributed by atoms with van der Waals surface area (Å²) in [5.41, 5.74) is 2.24. The monoisotopic (exact) mass is 446 g/mol. The van der Waals surface area contributed by atoms with Crippen molar-refractivity contribution >= 4 is 34.2 Å². The summed E-state index contributed by atoms with van der Waals surface area (Å²) in [6.07, 6.45) is 1.74. The van der Waals surface area contributed by atoms with Crippen LogP contribution in [0.5, 0.6) is 5.75 Å². The lowest BCUT2D eigenvalue weighted by Crippen LogP contribution is -2.17. The average molecular weight is 446 g/mol. The molecule has 2 aromatic carbocycles. The van der Waals surface area contributed by atoms with E-state index in [1.54, 1.807) is 55.6 Å². The third kappa shape index (κ3) is 4.95. The van der Waals surface area contributed by atoms with Gasteiger partial charge in [0.1, 0.15) is 11.3 Å². The van der Waals surface area contributed by atoms with E-state index in [1.165, 1.54) is 6.26 Å². The summed E-state index contributed by atoms with van der Waals surface area (Å²) in [5, 5.41) is 6.30. The van der Waals surface area contributed by atoms with Crippen LogP contribution < -0.4 is 21.0 Å². The fourth-order valence-corrected chi connectivity index (χ4v) is 3.53. The third-order valence-electron chi connectivity index (χ3n) is 5.25. The summed E-state index contributed by atoms with van der Waals surface area (Å²) in [7, 11) is 1.54. The van der Waals surface area contributed by atoms with Crippen molar-refractivity contribution in [3.8, 4) is 5.75 Å². The number of carbonyl (C=O) groups excluding carboxylic acids is 2. The Morgan fingerprint density at radius 3 is 2.52 bits per heavy atom. The Bertz CT molecular complexity index is 1370. The molecule has 2 N–H and O–H groups in total. The van der Waals surface area contributed by atoms with E-state index in [1.807, 2.05) is 13.0 Å². The van der Waals surface area contributed by atoms with Crippen LogP contribution in [0, 0.1) is 6.92 Å². The number of methoxy groups -OCH3 is 1. The predicted molar refractivity (Wildman–Crippen MR) is 124 cm³/mol. The molecule has 0 unspecified atom stereocenters. The number of carbonyl (C=O) groups is 2. The van der Waals surface area contributed by atoms with Gasteiger partial charge in [-0.25, -0.2) is 4.79 Å². The summed E-state index contributed by atoms with van der Waals surface area (Å²) in [4.78, 5) is 37.1. The van der Waals surface area contributed by atoms with Crippen LogP contribution in [0.15, 0.2) is 74.5 Å². The van der Waals surface area contributed by atoms with Crippen molar-refractivity contribution in [1.29, 1.82) is 0 Å². The van der Waals surface area contributed by atoms with Crippen LogP contribution in [-0.2, 0) is 11.2 Å². The number of fused-ring (bicyclic) bond motifs is 1. The van der Waals surface area contributed by atoms with Gasteiger partial charge < -0.3 is 24.2 Å². The minimum atomic E-state index is -0.469. The quantitative estimate of drug-likeness (QED) is 0.404. The van der Waals surface area contributed by atoms with Crippen LogP contribution in [-0.4, -0.2) is 18.9 Å². The Balaban J connectivity index is 1.42. The highest BCUT2D eigenvalue weighted by Crippen LogP contribution is 2.24. The average Bonchev–Trinajstić information content (AvgIpc) is 3.34. The molecule has 0 saturated carbocycles. The molecule has 8 heteroatoms. The van der Waals surface area contributed by atoms with Gasteiger partial charge in [-0.1, -0.05) is 6.07 Å².